The molecule has 0 atom stereocenters. The fraction of sp³-hybridized carbons (Fsp3) is 0.778. The van der Waals surface area contributed by atoms with Gasteiger partial charge >= 0.3 is 12.6 Å². The molecule has 5 nitrogen and oxygen atoms in total. The lowest BCUT2D eigenvalue weighted by Gasteiger charge is -2.20. The summed E-state index contributed by atoms with van der Waals surface area (Å²) in [5, 5.41) is 0. The molecule has 1 radical (unpaired) electrons. The first-order chi connectivity index (χ1) is 6.83. The van der Waals surface area contributed by atoms with E-state index in [0.717, 1.165) is 32.2 Å². The van der Waals surface area contributed by atoms with Crippen LogP contribution in [-0.4, -0.2) is 25.5 Å². The van der Waals surface area contributed by atoms with Gasteiger partial charge in [0.05, 0.1) is 0 Å². The molecule has 5 heteroatoms. The Morgan fingerprint density at radius 2 is 2.00 bits per heavy atom. The van der Waals surface area contributed by atoms with Gasteiger partial charge in [0.1, 0.15) is 6.10 Å². The molecule has 1 saturated carbocycles. The molecule has 0 amide bonds. The number of carbonyl (C=O) groups is 1. The molecule has 1 aliphatic carbocycles. The highest BCUT2D eigenvalue weighted by Gasteiger charge is 2.18. The lowest BCUT2D eigenvalue weighted by Crippen LogP contribution is -2.22. The van der Waals surface area contributed by atoms with E-state index in [0.29, 0.717) is 0 Å². The molecule has 0 bridgehead atoms. The van der Waals surface area contributed by atoms with Gasteiger partial charge in [-0.15, -0.1) is 0 Å². The molecule has 0 N–H and O–H groups in total. The van der Waals surface area contributed by atoms with Gasteiger partial charge in [-0.3, -0.25) is 0 Å². The van der Waals surface area contributed by atoms with Crippen LogP contribution in [0, 0.1) is 0 Å². The molecule has 0 aromatic rings. The van der Waals surface area contributed by atoms with Crippen LogP contribution in [0.5, 0.6) is 0 Å². The fourth-order valence-corrected chi connectivity index (χ4v) is 1.45. The maximum atomic E-state index is 10.9. The van der Waals surface area contributed by atoms with Crippen molar-refractivity contribution in [2.24, 2.45) is 0 Å². The highest BCUT2D eigenvalue weighted by atomic mass is 16.8. The number of rotatable bonds is 4. The van der Waals surface area contributed by atoms with Crippen LogP contribution in [0.4, 0.5) is 4.79 Å². The van der Waals surface area contributed by atoms with E-state index < -0.39 is 12.9 Å². The van der Waals surface area contributed by atoms with Crippen LogP contribution in [0.1, 0.15) is 32.1 Å². The maximum absolute atomic E-state index is 10.9. The predicted octanol–water partition coefficient (Wildman–Crippen LogP) is 1.51. The van der Waals surface area contributed by atoms with E-state index >= 15 is 0 Å². The summed E-state index contributed by atoms with van der Waals surface area (Å²) in [6, 6.07) is 0. The quantitative estimate of drug-likeness (QED) is 0.392. The zero-order valence-electron chi connectivity index (χ0n) is 7.86. The van der Waals surface area contributed by atoms with Gasteiger partial charge in [-0.05, 0) is 25.7 Å². The second-order valence-corrected chi connectivity index (χ2v) is 3.12. The van der Waals surface area contributed by atoms with E-state index in [9.17, 15) is 9.59 Å². The molecule has 0 heterocycles. The molecule has 1 fully saturated rings. The van der Waals surface area contributed by atoms with Gasteiger partial charge in [-0.25, -0.2) is 9.59 Å². The predicted molar refractivity (Wildman–Crippen MR) is 46.1 cm³/mol. The van der Waals surface area contributed by atoms with Crippen LogP contribution >= 0.6 is 0 Å². The van der Waals surface area contributed by atoms with Crippen molar-refractivity contribution in [2.75, 3.05) is 6.79 Å². The topological polar surface area (TPSA) is 61.8 Å². The molecule has 1 rings (SSSR count). The third-order valence-electron chi connectivity index (χ3n) is 2.11. The lowest BCUT2D eigenvalue weighted by molar-refractivity contribution is -0.0263. The second kappa shape index (κ2) is 6.23. The third kappa shape index (κ3) is 4.11. The Labute approximate surface area is 82.3 Å². The van der Waals surface area contributed by atoms with Crippen LogP contribution < -0.4 is 0 Å². The van der Waals surface area contributed by atoms with E-state index in [2.05, 4.69) is 9.47 Å². The average Bonchev–Trinajstić information content (AvgIpc) is 2.20. The average molecular weight is 201 g/mol. The molecular weight excluding hydrogens is 188 g/mol. The van der Waals surface area contributed by atoms with E-state index in [1.807, 2.05) is 0 Å². The van der Waals surface area contributed by atoms with Crippen LogP contribution in [0.15, 0.2) is 0 Å². The normalized spacial score (nSPS) is 17.1. The Bertz CT molecular complexity index is 186. The Hall–Kier alpha value is -1.26. The SMILES string of the molecule is O=[C]OCOC(=O)OC1CCCCC1. The molecule has 0 aliphatic heterocycles. The van der Waals surface area contributed by atoms with Crippen LogP contribution in [0.2, 0.25) is 0 Å². The highest BCUT2D eigenvalue weighted by molar-refractivity contribution is 5.60. The van der Waals surface area contributed by atoms with Crippen molar-refractivity contribution in [3.8, 4) is 0 Å². The number of carbonyl (C=O) groups excluding carboxylic acids is 2. The van der Waals surface area contributed by atoms with Gasteiger partial charge in [0, 0.05) is 0 Å². The molecule has 0 saturated heterocycles. The van der Waals surface area contributed by atoms with Crippen molar-refractivity contribution >= 4 is 12.6 Å². The van der Waals surface area contributed by atoms with E-state index in [-0.39, 0.29) is 6.10 Å². The minimum Gasteiger partial charge on any atom is -0.431 e. The van der Waals surface area contributed by atoms with Gasteiger partial charge < -0.3 is 14.2 Å². The molecule has 79 valence electrons. The first-order valence-electron chi connectivity index (χ1n) is 4.65. The first kappa shape index (κ1) is 10.8. The second-order valence-electron chi connectivity index (χ2n) is 3.12. The Kier molecular flexibility index (Phi) is 4.82. The minimum atomic E-state index is -0.785. The van der Waals surface area contributed by atoms with Crippen molar-refractivity contribution in [2.45, 2.75) is 38.2 Å². The summed E-state index contributed by atoms with van der Waals surface area (Å²) in [5.41, 5.74) is 0. The summed E-state index contributed by atoms with van der Waals surface area (Å²) >= 11 is 0. The van der Waals surface area contributed by atoms with E-state index in [1.165, 1.54) is 6.42 Å². The number of hydrogen-bond donors (Lipinski definition) is 0. The molecule has 1 aliphatic rings. The first-order valence-corrected chi connectivity index (χ1v) is 4.65. The molecular formula is C9H13O5. The zero-order valence-corrected chi connectivity index (χ0v) is 7.86. The molecule has 0 aromatic heterocycles. The van der Waals surface area contributed by atoms with Crippen molar-refractivity contribution in [1.82, 2.24) is 0 Å². The largest absolute Gasteiger partial charge is 0.511 e. The summed E-state index contributed by atoms with van der Waals surface area (Å²) in [6.45, 7) is 0.708. The minimum absolute atomic E-state index is 0.0449. The summed E-state index contributed by atoms with van der Waals surface area (Å²) in [5.74, 6) is 0. The van der Waals surface area contributed by atoms with Crippen molar-refractivity contribution in [3.05, 3.63) is 0 Å². The summed E-state index contributed by atoms with van der Waals surface area (Å²) in [7, 11) is 0. The van der Waals surface area contributed by atoms with Crippen molar-refractivity contribution in [1.29, 1.82) is 0 Å². The molecule has 0 aromatic carbocycles. The Morgan fingerprint density at radius 1 is 1.29 bits per heavy atom. The number of hydrogen-bond acceptors (Lipinski definition) is 5. The molecule has 0 spiro atoms. The van der Waals surface area contributed by atoms with Gasteiger partial charge in [0.2, 0.25) is 6.79 Å². The summed E-state index contributed by atoms with van der Waals surface area (Å²) < 4.78 is 13.5. The zero-order chi connectivity index (χ0) is 10.2. The molecule has 0 unspecified atom stereocenters. The smallest absolute Gasteiger partial charge is 0.431 e. The standard InChI is InChI=1S/C9H13O5/c10-6-12-7-13-9(11)14-8-4-2-1-3-5-8/h8H,1-5,7H2. The maximum Gasteiger partial charge on any atom is 0.511 e. The lowest BCUT2D eigenvalue weighted by atomic mass is 9.98. The van der Waals surface area contributed by atoms with E-state index in [1.54, 1.807) is 0 Å². The van der Waals surface area contributed by atoms with Gasteiger partial charge in [-0.1, -0.05) is 6.42 Å². The van der Waals surface area contributed by atoms with Crippen LogP contribution in [-0.2, 0) is 19.0 Å². The highest BCUT2D eigenvalue weighted by Crippen LogP contribution is 2.20. The van der Waals surface area contributed by atoms with E-state index in [4.69, 9.17) is 4.74 Å². The van der Waals surface area contributed by atoms with Crippen molar-refractivity contribution in [3.63, 3.8) is 0 Å². The monoisotopic (exact) mass is 201 g/mol. The van der Waals surface area contributed by atoms with Gasteiger partial charge in [-0.2, -0.15) is 0 Å². The number of ether oxygens (including phenoxy) is 3. The fourth-order valence-electron chi connectivity index (χ4n) is 1.45. The summed E-state index contributed by atoms with van der Waals surface area (Å²) in [4.78, 5) is 20.5. The van der Waals surface area contributed by atoms with Gasteiger partial charge in [0.25, 0.3) is 0 Å². The summed E-state index contributed by atoms with van der Waals surface area (Å²) in [6.07, 6.45) is 4.29. The Balaban J connectivity index is 2.09. The Morgan fingerprint density at radius 3 is 2.64 bits per heavy atom. The van der Waals surface area contributed by atoms with Crippen molar-refractivity contribution < 1.29 is 23.8 Å². The third-order valence-corrected chi connectivity index (χ3v) is 2.11. The van der Waals surface area contributed by atoms with Crippen LogP contribution in [0.25, 0.3) is 0 Å². The van der Waals surface area contributed by atoms with Crippen LogP contribution in [0.3, 0.4) is 0 Å². The molecule has 14 heavy (non-hydrogen) atoms. The van der Waals surface area contributed by atoms with Gasteiger partial charge in [0.15, 0.2) is 0 Å².